The number of benzene rings is 3. The molecule has 0 saturated heterocycles. The first-order chi connectivity index (χ1) is 15.4. The molecule has 168 valence electrons. The molecule has 0 aliphatic carbocycles. The molecule has 3 nitrogen and oxygen atoms in total. The third kappa shape index (κ3) is 5.20. The SMILES string of the molecule is CCCN(CCO[Si](c1ccccc1)(c1ccccc1)C(C)(C)C)c1ccc(C=O)cc1. The van der Waals surface area contributed by atoms with Crippen molar-refractivity contribution in [3.63, 3.8) is 0 Å². The summed E-state index contributed by atoms with van der Waals surface area (Å²) in [5.41, 5.74) is 1.83. The second-order valence-corrected chi connectivity index (χ2v) is 13.5. The van der Waals surface area contributed by atoms with Gasteiger partial charge in [0, 0.05) is 24.3 Å². The summed E-state index contributed by atoms with van der Waals surface area (Å²) in [4.78, 5) is 13.4. The minimum Gasteiger partial charge on any atom is -0.406 e. The van der Waals surface area contributed by atoms with Crippen LogP contribution in [0, 0.1) is 0 Å². The van der Waals surface area contributed by atoms with Crippen LogP contribution in [-0.4, -0.2) is 34.3 Å². The largest absolute Gasteiger partial charge is 0.406 e. The highest BCUT2D eigenvalue weighted by Gasteiger charge is 2.50. The number of hydrogen-bond donors (Lipinski definition) is 0. The molecule has 0 N–H and O–H groups in total. The fourth-order valence-corrected chi connectivity index (χ4v) is 9.03. The van der Waals surface area contributed by atoms with E-state index < -0.39 is 8.32 Å². The van der Waals surface area contributed by atoms with Crippen LogP contribution in [0.5, 0.6) is 0 Å². The Bertz CT molecular complexity index is 926. The molecule has 0 bridgehead atoms. The normalized spacial score (nSPS) is 11.9. The summed E-state index contributed by atoms with van der Waals surface area (Å²) >= 11 is 0. The van der Waals surface area contributed by atoms with Crippen LogP contribution in [0.15, 0.2) is 84.9 Å². The Labute approximate surface area is 194 Å². The summed E-state index contributed by atoms with van der Waals surface area (Å²) in [7, 11) is -2.53. The Kier molecular flexibility index (Phi) is 8.05. The van der Waals surface area contributed by atoms with Gasteiger partial charge < -0.3 is 9.33 Å². The first kappa shape index (κ1) is 24.0. The van der Waals surface area contributed by atoms with E-state index in [1.807, 2.05) is 24.3 Å². The van der Waals surface area contributed by atoms with Gasteiger partial charge in [-0.15, -0.1) is 0 Å². The smallest absolute Gasteiger partial charge is 0.261 e. The summed E-state index contributed by atoms with van der Waals surface area (Å²) in [5.74, 6) is 0. The minimum atomic E-state index is -2.53. The first-order valence-electron chi connectivity index (χ1n) is 11.5. The third-order valence-corrected chi connectivity index (χ3v) is 11.0. The summed E-state index contributed by atoms with van der Waals surface area (Å²) in [6.07, 6.45) is 1.94. The molecule has 3 aromatic rings. The molecule has 0 atom stereocenters. The van der Waals surface area contributed by atoms with E-state index >= 15 is 0 Å². The molecule has 0 amide bonds. The highest BCUT2D eigenvalue weighted by Crippen LogP contribution is 2.36. The molecule has 3 aromatic carbocycles. The number of hydrogen-bond acceptors (Lipinski definition) is 3. The van der Waals surface area contributed by atoms with Crippen molar-refractivity contribution in [3.8, 4) is 0 Å². The van der Waals surface area contributed by atoms with Gasteiger partial charge in [-0.05, 0) is 46.1 Å². The molecule has 4 heteroatoms. The molecule has 0 saturated carbocycles. The van der Waals surface area contributed by atoms with Crippen molar-refractivity contribution in [2.45, 2.75) is 39.2 Å². The number of carbonyl (C=O) groups is 1. The standard InChI is InChI=1S/C28H35NO2Si/c1-5-20-29(25-18-16-24(23-30)17-19-25)21-22-31-32(28(2,3)4,26-12-8-6-9-13-26)27-14-10-7-11-15-27/h6-19,23H,5,20-22H2,1-4H3. The highest BCUT2D eigenvalue weighted by molar-refractivity contribution is 6.99. The first-order valence-corrected chi connectivity index (χ1v) is 13.4. The summed E-state index contributed by atoms with van der Waals surface area (Å²) in [5, 5.41) is 2.57. The second kappa shape index (κ2) is 10.8. The Balaban J connectivity index is 1.91. The Morgan fingerprint density at radius 3 is 1.78 bits per heavy atom. The van der Waals surface area contributed by atoms with Crippen LogP contribution in [-0.2, 0) is 4.43 Å². The zero-order valence-electron chi connectivity index (χ0n) is 19.8. The predicted octanol–water partition coefficient (Wildman–Crippen LogP) is 5.29. The quantitative estimate of drug-likeness (QED) is 0.314. The van der Waals surface area contributed by atoms with Crippen molar-refractivity contribution in [1.82, 2.24) is 0 Å². The van der Waals surface area contributed by atoms with Crippen LogP contribution >= 0.6 is 0 Å². The summed E-state index contributed by atoms with van der Waals surface area (Å²) in [6.45, 7) is 11.5. The van der Waals surface area contributed by atoms with Crippen LogP contribution in [0.1, 0.15) is 44.5 Å². The van der Waals surface area contributed by atoms with Gasteiger partial charge in [0.25, 0.3) is 8.32 Å². The summed E-state index contributed by atoms with van der Waals surface area (Å²) < 4.78 is 7.05. The van der Waals surface area contributed by atoms with Gasteiger partial charge in [-0.1, -0.05) is 88.4 Å². The van der Waals surface area contributed by atoms with E-state index in [2.05, 4.69) is 93.3 Å². The average molecular weight is 446 g/mol. The molecule has 0 fully saturated rings. The summed E-state index contributed by atoms with van der Waals surface area (Å²) in [6, 6.07) is 29.4. The Morgan fingerprint density at radius 2 is 1.34 bits per heavy atom. The lowest BCUT2D eigenvalue weighted by Crippen LogP contribution is -2.67. The molecule has 0 aromatic heterocycles. The fourth-order valence-electron chi connectivity index (χ4n) is 4.47. The van der Waals surface area contributed by atoms with E-state index in [1.165, 1.54) is 10.4 Å². The Hall–Kier alpha value is -2.69. The van der Waals surface area contributed by atoms with Crippen molar-refractivity contribution < 1.29 is 9.22 Å². The van der Waals surface area contributed by atoms with E-state index in [-0.39, 0.29) is 5.04 Å². The van der Waals surface area contributed by atoms with Crippen molar-refractivity contribution in [2.24, 2.45) is 0 Å². The number of anilines is 1. The zero-order chi connectivity index (χ0) is 23.0. The number of nitrogens with zero attached hydrogens (tertiary/aromatic N) is 1. The molecule has 0 aliphatic rings. The van der Waals surface area contributed by atoms with Gasteiger partial charge in [0.15, 0.2) is 0 Å². The minimum absolute atomic E-state index is 0.0309. The number of rotatable bonds is 10. The molecule has 0 unspecified atom stereocenters. The van der Waals surface area contributed by atoms with Crippen molar-refractivity contribution in [2.75, 3.05) is 24.6 Å². The van der Waals surface area contributed by atoms with Gasteiger partial charge in [-0.2, -0.15) is 0 Å². The van der Waals surface area contributed by atoms with Crippen LogP contribution in [0.2, 0.25) is 5.04 Å². The van der Waals surface area contributed by atoms with Crippen molar-refractivity contribution in [1.29, 1.82) is 0 Å². The molecule has 0 radical (unpaired) electrons. The second-order valence-electron chi connectivity index (χ2n) is 9.21. The van der Waals surface area contributed by atoms with Gasteiger partial charge in [-0.3, -0.25) is 4.79 Å². The van der Waals surface area contributed by atoms with Crippen molar-refractivity contribution >= 4 is 30.7 Å². The lowest BCUT2D eigenvalue weighted by atomic mass is 10.2. The maximum Gasteiger partial charge on any atom is 0.261 e. The van der Waals surface area contributed by atoms with Crippen molar-refractivity contribution in [3.05, 3.63) is 90.5 Å². The van der Waals surface area contributed by atoms with Gasteiger partial charge in [0.1, 0.15) is 6.29 Å². The van der Waals surface area contributed by atoms with Crippen LogP contribution in [0.25, 0.3) is 0 Å². The molecular weight excluding hydrogens is 410 g/mol. The molecule has 0 spiro atoms. The van der Waals surface area contributed by atoms with Crippen LogP contribution in [0.3, 0.4) is 0 Å². The molecule has 32 heavy (non-hydrogen) atoms. The maximum atomic E-state index is 11.0. The van der Waals surface area contributed by atoms with E-state index in [0.29, 0.717) is 12.2 Å². The lowest BCUT2D eigenvalue weighted by Gasteiger charge is -2.43. The topological polar surface area (TPSA) is 29.5 Å². The van der Waals surface area contributed by atoms with Gasteiger partial charge in [0.05, 0.1) is 6.61 Å². The van der Waals surface area contributed by atoms with E-state index in [1.54, 1.807) is 0 Å². The van der Waals surface area contributed by atoms with E-state index in [0.717, 1.165) is 31.5 Å². The molecule has 0 aliphatic heterocycles. The van der Waals surface area contributed by atoms with Gasteiger partial charge >= 0.3 is 0 Å². The van der Waals surface area contributed by atoms with Crippen LogP contribution in [0.4, 0.5) is 5.69 Å². The third-order valence-electron chi connectivity index (χ3n) is 5.98. The number of carbonyl (C=O) groups excluding carboxylic acids is 1. The van der Waals surface area contributed by atoms with E-state index in [4.69, 9.17) is 4.43 Å². The number of aldehydes is 1. The van der Waals surface area contributed by atoms with Gasteiger partial charge in [-0.25, -0.2) is 0 Å². The monoisotopic (exact) mass is 445 g/mol. The lowest BCUT2D eigenvalue weighted by molar-refractivity contribution is 0.112. The van der Waals surface area contributed by atoms with E-state index in [9.17, 15) is 4.79 Å². The molecule has 3 rings (SSSR count). The molecule has 0 heterocycles. The zero-order valence-corrected chi connectivity index (χ0v) is 20.8. The predicted molar refractivity (Wildman–Crippen MR) is 138 cm³/mol. The fraction of sp³-hybridized carbons (Fsp3) is 0.321. The van der Waals surface area contributed by atoms with Crippen LogP contribution < -0.4 is 15.3 Å². The average Bonchev–Trinajstić information content (AvgIpc) is 2.81. The Morgan fingerprint density at radius 1 is 0.812 bits per heavy atom. The molecular formula is C28H35NO2Si. The van der Waals surface area contributed by atoms with Gasteiger partial charge in [0.2, 0.25) is 0 Å². The maximum absolute atomic E-state index is 11.0. The highest BCUT2D eigenvalue weighted by atomic mass is 28.4.